The number of ether oxygens (including phenoxy) is 3. The van der Waals surface area contributed by atoms with Crippen LogP contribution >= 0.6 is 0 Å². The smallest absolute Gasteiger partial charge is 0.328 e. The lowest BCUT2D eigenvalue weighted by atomic mass is 10.0. The maximum absolute atomic E-state index is 14.0. The number of nitrogens with zero attached hydrogens (tertiary/aromatic N) is 3. The van der Waals surface area contributed by atoms with Crippen molar-refractivity contribution >= 4 is 29.5 Å². The van der Waals surface area contributed by atoms with Crippen molar-refractivity contribution in [3.05, 3.63) is 78.2 Å². The molecule has 1 saturated heterocycles. The summed E-state index contributed by atoms with van der Waals surface area (Å²) in [7, 11) is 2.84. The minimum atomic E-state index is -1.23. The van der Waals surface area contributed by atoms with Crippen molar-refractivity contribution < 1.29 is 33.4 Å². The van der Waals surface area contributed by atoms with Crippen LogP contribution in [0, 0.1) is 0 Å². The molecule has 3 unspecified atom stereocenters. The highest BCUT2D eigenvalue weighted by Crippen LogP contribution is 2.29. The van der Waals surface area contributed by atoms with Gasteiger partial charge in [-0.25, -0.2) is 9.78 Å². The van der Waals surface area contributed by atoms with Crippen LogP contribution in [-0.4, -0.2) is 83.1 Å². The van der Waals surface area contributed by atoms with Gasteiger partial charge in [-0.05, 0) is 49.9 Å². The van der Waals surface area contributed by atoms with Gasteiger partial charge >= 0.3 is 5.97 Å². The van der Waals surface area contributed by atoms with Crippen LogP contribution in [0.3, 0.4) is 0 Å². The summed E-state index contributed by atoms with van der Waals surface area (Å²) >= 11 is 0. The number of anilines is 1. The Kier molecular flexibility index (Phi) is 10.9. The van der Waals surface area contributed by atoms with Gasteiger partial charge in [0.05, 0.1) is 39.3 Å². The molecule has 1 aliphatic rings. The highest BCUT2D eigenvalue weighted by atomic mass is 16.5. The van der Waals surface area contributed by atoms with Crippen molar-refractivity contribution in [2.45, 2.75) is 57.0 Å². The Bertz CT molecular complexity index is 1470. The number of likely N-dealkylation sites (tertiary alicyclic amines) is 1. The highest BCUT2D eigenvalue weighted by molar-refractivity contribution is 5.98. The number of methoxy groups -OCH3 is 2. The zero-order chi connectivity index (χ0) is 32.6. The molecule has 240 valence electrons. The van der Waals surface area contributed by atoms with Crippen LogP contribution in [0.2, 0.25) is 0 Å². The van der Waals surface area contributed by atoms with E-state index >= 15 is 0 Å². The molecule has 0 spiro atoms. The first-order valence-electron chi connectivity index (χ1n) is 14.6. The van der Waals surface area contributed by atoms with Crippen molar-refractivity contribution in [1.29, 1.82) is 0 Å². The molecule has 3 aromatic rings. The van der Waals surface area contributed by atoms with Gasteiger partial charge in [0.2, 0.25) is 5.91 Å². The average molecular weight is 621 g/mol. The van der Waals surface area contributed by atoms with Crippen LogP contribution in [0.1, 0.15) is 43.9 Å². The normalized spacial score (nSPS) is 16.0. The van der Waals surface area contributed by atoms with Crippen LogP contribution in [-0.2, 0) is 35.3 Å². The van der Waals surface area contributed by atoms with Gasteiger partial charge in [-0.3, -0.25) is 14.4 Å². The van der Waals surface area contributed by atoms with Crippen LogP contribution in [0.4, 0.5) is 5.82 Å². The molecule has 2 heterocycles. The van der Waals surface area contributed by atoms with Gasteiger partial charge in [0.15, 0.2) is 5.82 Å². The number of esters is 1. The van der Waals surface area contributed by atoms with E-state index in [0.717, 1.165) is 5.56 Å². The molecule has 13 nitrogen and oxygen atoms in total. The highest BCUT2D eigenvalue weighted by Gasteiger charge is 2.39. The number of nitrogens with one attached hydrogen (secondary N) is 2. The van der Waals surface area contributed by atoms with E-state index in [0.29, 0.717) is 30.7 Å². The summed E-state index contributed by atoms with van der Waals surface area (Å²) in [6.07, 6.45) is 4.10. The second kappa shape index (κ2) is 14.8. The fourth-order valence-corrected chi connectivity index (χ4v) is 4.95. The Morgan fingerprint density at radius 3 is 2.42 bits per heavy atom. The molecule has 0 saturated carbocycles. The zero-order valence-electron chi connectivity index (χ0n) is 25.9. The topological polar surface area (TPSA) is 167 Å². The number of carbonyl (C=O) groups is 4. The average Bonchev–Trinajstić information content (AvgIpc) is 3.71. The molecule has 0 bridgehead atoms. The lowest BCUT2D eigenvalue weighted by molar-refractivity contribution is -0.151. The van der Waals surface area contributed by atoms with E-state index in [1.807, 2.05) is 30.3 Å². The number of aromatic nitrogens is 2. The molecule has 1 aromatic heterocycles. The van der Waals surface area contributed by atoms with Crippen LogP contribution in [0.5, 0.6) is 5.75 Å². The molecule has 1 aliphatic heterocycles. The molecule has 45 heavy (non-hydrogen) atoms. The van der Waals surface area contributed by atoms with E-state index < -0.39 is 41.4 Å². The fourth-order valence-electron chi connectivity index (χ4n) is 4.95. The van der Waals surface area contributed by atoms with Gasteiger partial charge in [-0.2, -0.15) is 0 Å². The first kappa shape index (κ1) is 33.1. The molecular formula is C32H40N6O7. The van der Waals surface area contributed by atoms with Crippen LogP contribution in [0.25, 0.3) is 0 Å². The number of rotatable bonds is 13. The minimum absolute atomic E-state index is 0.125. The monoisotopic (exact) mass is 620 g/mol. The molecule has 0 aliphatic carbocycles. The lowest BCUT2D eigenvalue weighted by Gasteiger charge is -2.28. The number of hydrogen-bond donors (Lipinski definition) is 3. The summed E-state index contributed by atoms with van der Waals surface area (Å²) in [5.41, 5.74) is 6.25. The summed E-state index contributed by atoms with van der Waals surface area (Å²) in [4.78, 5) is 58.4. The van der Waals surface area contributed by atoms with Gasteiger partial charge in [0.1, 0.15) is 23.9 Å². The van der Waals surface area contributed by atoms with E-state index in [1.165, 1.54) is 38.4 Å². The standard InChI is InChI=1S/C32H40N6O7/c1-32(2,33)31(42)35-24(19-45-18-21-9-6-5-7-10-21)28(39)36-26-17-37(20-34-26)27(22-12-14-23(43-3)15-13-22)29(40)38-16-8-11-25(38)30(41)44-4/h5-7,9-10,12-15,17,20,24-25,27H,8,11,16,18-19,33H2,1-4H3,(H,35,42)(H,36,39). The molecule has 4 N–H and O–H groups in total. The number of hydrogen-bond acceptors (Lipinski definition) is 9. The van der Waals surface area contributed by atoms with Gasteiger partial charge in [-0.15, -0.1) is 0 Å². The number of amides is 3. The summed E-state index contributed by atoms with van der Waals surface area (Å²) in [5, 5.41) is 5.37. The SMILES string of the molecule is COC(=O)C1CCCN1C(=O)C(c1ccc(OC)cc1)n1cnc(NC(=O)C(COCc2ccccc2)NC(=O)C(C)(C)N)c1. The first-order valence-corrected chi connectivity index (χ1v) is 14.6. The Hall–Kier alpha value is -4.75. The third-order valence-electron chi connectivity index (χ3n) is 7.43. The van der Waals surface area contributed by atoms with Crippen molar-refractivity contribution in [2.75, 3.05) is 32.7 Å². The number of benzene rings is 2. The van der Waals surface area contributed by atoms with Gasteiger partial charge in [0, 0.05) is 12.7 Å². The molecule has 0 radical (unpaired) electrons. The van der Waals surface area contributed by atoms with Crippen LogP contribution in [0.15, 0.2) is 67.1 Å². The predicted octanol–water partition coefficient (Wildman–Crippen LogP) is 2.02. The van der Waals surface area contributed by atoms with Crippen molar-refractivity contribution in [2.24, 2.45) is 5.73 Å². The van der Waals surface area contributed by atoms with Gasteiger partial charge < -0.3 is 40.0 Å². The fraction of sp³-hybridized carbons (Fsp3) is 0.406. The summed E-state index contributed by atoms with van der Waals surface area (Å²) in [6, 6.07) is 13.7. The van der Waals surface area contributed by atoms with Gasteiger partial charge in [-0.1, -0.05) is 42.5 Å². The Morgan fingerprint density at radius 1 is 1.07 bits per heavy atom. The maximum Gasteiger partial charge on any atom is 0.328 e. The summed E-state index contributed by atoms with van der Waals surface area (Å²) in [6.45, 7) is 3.57. The van der Waals surface area contributed by atoms with E-state index in [1.54, 1.807) is 35.9 Å². The Morgan fingerprint density at radius 2 is 1.78 bits per heavy atom. The largest absolute Gasteiger partial charge is 0.497 e. The summed E-state index contributed by atoms with van der Waals surface area (Å²) < 4.78 is 17.5. The molecule has 4 rings (SSSR count). The molecule has 3 atom stereocenters. The Labute approximate surface area is 262 Å². The molecule has 1 fully saturated rings. The molecule has 2 aromatic carbocycles. The lowest BCUT2D eigenvalue weighted by Crippen LogP contribution is -2.56. The maximum atomic E-state index is 14.0. The van der Waals surface area contributed by atoms with E-state index in [4.69, 9.17) is 19.9 Å². The second-order valence-corrected chi connectivity index (χ2v) is 11.3. The second-order valence-electron chi connectivity index (χ2n) is 11.3. The van der Waals surface area contributed by atoms with E-state index in [2.05, 4.69) is 15.6 Å². The predicted molar refractivity (Wildman–Crippen MR) is 165 cm³/mol. The van der Waals surface area contributed by atoms with Crippen molar-refractivity contribution in [3.63, 3.8) is 0 Å². The number of nitrogens with two attached hydrogens (primary N) is 1. The van der Waals surface area contributed by atoms with E-state index in [9.17, 15) is 19.2 Å². The third kappa shape index (κ3) is 8.46. The number of carbonyl (C=O) groups excluding carboxylic acids is 4. The summed E-state index contributed by atoms with van der Waals surface area (Å²) in [5.74, 6) is -1.16. The molecule has 3 amide bonds. The van der Waals surface area contributed by atoms with Gasteiger partial charge in [0.25, 0.3) is 11.8 Å². The van der Waals surface area contributed by atoms with Crippen molar-refractivity contribution in [3.8, 4) is 5.75 Å². The third-order valence-corrected chi connectivity index (χ3v) is 7.43. The molecule has 13 heteroatoms. The van der Waals surface area contributed by atoms with Crippen LogP contribution < -0.4 is 21.1 Å². The van der Waals surface area contributed by atoms with E-state index in [-0.39, 0.29) is 24.9 Å². The minimum Gasteiger partial charge on any atom is -0.497 e. The molecular weight excluding hydrogens is 580 g/mol. The number of imidazole rings is 1. The Balaban J connectivity index is 1.56. The van der Waals surface area contributed by atoms with Crippen molar-refractivity contribution in [1.82, 2.24) is 19.8 Å². The first-order chi connectivity index (χ1) is 21.5. The quantitative estimate of drug-likeness (QED) is 0.242. The zero-order valence-corrected chi connectivity index (χ0v) is 25.9.